The number of benzene rings is 2. The second-order valence-electron chi connectivity index (χ2n) is 9.82. The van der Waals surface area contributed by atoms with Crippen molar-refractivity contribution in [2.24, 2.45) is 0 Å². The highest BCUT2D eigenvalue weighted by Crippen LogP contribution is 2.40. The van der Waals surface area contributed by atoms with Crippen LogP contribution in [0, 0.1) is 17.1 Å². The molecule has 3 N–H and O–H groups in total. The molecule has 0 bridgehead atoms. The van der Waals surface area contributed by atoms with E-state index in [1.165, 1.54) is 55.3 Å². The zero-order valence-corrected chi connectivity index (χ0v) is 23.0. The average molecular weight is 571 g/mol. The molecule has 0 aliphatic carbocycles. The minimum atomic E-state index is -3.03. The topological polar surface area (TPSA) is 116 Å². The van der Waals surface area contributed by atoms with Crippen molar-refractivity contribution in [2.45, 2.75) is 18.8 Å². The highest BCUT2D eigenvalue weighted by Gasteiger charge is 2.35. The number of nitrogens with zero attached hydrogens (tertiary/aromatic N) is 6. The first-order valence-corrected chi connectivity index (χ1v) is 13.7. The Morgan fingerprint density at radius 2 is 1.93 bits per heavy atom. The maximum atomic E-state index is 16.1. The molecule has 0 spiro atoms. The highest BCUT2D eigenvalue weighted by atomic mass is 32.1. The Kier molecular flexibility index (Phi) is 7.93. The number of rotatable bonds is 3. The summed E-state index contributed by atoms with van der Waals surface area (Å²) in [6, 6.07) is 8.44. The molecule has 210 valence electrons. The lowest BCUT2D eigenvalue weighted by molar-refractivity contribution is 0.0156. The standard InChI is InChI=1S/C22H18F3N7OS.C5H11N/c1-33-21-30-18-13(19(31-21)32-6-5-28-9-22(24,25)10-32)7-11(8-26)15(16(18)23)12-3-2-4-14-17(12)29-20(27)34-14;1-6-4-2-3-5-6/h2-4,7,28H,5-6,9-10H2,1H3,(H2,27,29);2-5H2,1H3. The third-order valence-corrected chi connectivity index (χ3v) is 7.74. The van der Waals surface area contributed by atoms with Crippen LogP contribution in [0.2, 0.25) is 0 Å². The van der Waals surface area contributed by atoms with E-state index >= 15 is 4.39 Å². The summed E-state index contributed by atoms with van der Waals surface area (Å²) in [5, 5.41) is 13.0. The Hall–Kier alpha value is -3.73. The summed E-state index contributed by atoms with van der Waals surface area (Å²) in [5.41, 5.74) is 6.55. The quantitative estimate of drug-likeness (QED) is 0.373. The minimum Gasteiger partial charge on any atom is -0.467 e. The number of methoxy groups -OCH3 is 1. The second-order valence-corrected chi connectivity index (χ2v) is 10.9. The van der Waals surface area contributed by atoms with Crippen molar-refractivity contribution < 1.29 is 17.9 Å². The number of nitrogen functional groups attached to an aromatic ring is 1. The number of nitrogens with two attached hydrogens (primary N) is 1. The molecule has 4 aromatic rings. The Labute approximate surface area is 233 Å². The number of fused-ring (bicyclic) bond motifs is 2. The van der Waals surface area contributed by atoms with E-state index in [2.05, 4.69) is 32.2 Å². The van der Waals surface area contributed by atoms with Crippen LogP contribution in [-0.4, -0.2) is 79.2 Å². The third-order valence-electron chi connectivity index (χ3n) is 6.89. The predicted molar refractivity (Wildman–Crippen MR) is 151 cm³/mol. The number of hydrogen-bond donors (Lipinski definition) is 2. The molecule has 40 heavy (non-hydrogen) atoms. The van der Waals surface area contributed by atoms with Gasteiger partial charge in [-0.1, -0.05) is 23.5 Å². The van der Waals surface area contributed by atoms with Crippen molar-refractivity contribution in [2.75, 3.05) is 64.1 Å². The molecule has 2 aliphatic heterocycles. The van der Waals surface area contributed by atoms with Crippen LogP contribution >= 0.6 is 11.3 Å². The maximum absolute atomic E-state index is 16.1. The van der Waals surface area contributed by atoms with E-state index in [-0.39, 0.29) is 46.9 Å². The lowest BCUT2D eigenvalue weighted by Crippen LogP contribution is -2.39. The van der Waals surface area contributed by atoms with Gasteiger partial charge in [0.2, 0.25) is 0 Å². The summed E-state index contributed by atoms with van der Waals surface area (Å²) in [6.07, 6.45) is 2.83. The number of aromatic nitrogens is 3. The summed E-state index contributed by atoms with van der Waals surface area (Å²) in [7, 11) is 3.48. The predicted octanol–water partition coefficient (Wildman–Crippen LogP) is 4.26. The molecule has 9 nitrogen and oxygen atoms in total. The molecule has 2 aromatic carbocycles. The molecule has 6 rings (SSSR count). The zero-order valence-electron chi connectivity index (χ0n) is 22.2. The molecule has 4 heterocycles. The highest BCUT2D eigenvalue weighted by molar-refractivity contribution is 7.22. The fraction of sp³-hybridized carbons (Fsp3) is 0.407. The van der Waals surface area contributed by atoms with E-state index in [0.29, 0.717) is 16.2 Å². The molecule has 2 aromatic heterocycles. The van der Waals surface area contributed by atoms with Crippen molar-refractivity contribution in [3.63, 3.8) is 0 Å². The Bertz CT molecular complexity index is 1580. The number of alkyl halides is 2. The fourth-order valence-corrected chi connectivity index (χ4v) is 5.76. The average Bonchev–Trinajstić information content (AvgIpc) is 3.52. The van der Waals surface area contributed by atoms with E-state index in [1.807, 2.05) is 6.07 Å². The molecule has 2 fully saturated rings. The Balaban J connectivity index is 0.000000477. The van der Waals surface area contributed by atoms with Gasteiger partial charge in [-0.25, -0.2) is 18.2 Å². The summed E-state index contributed by atoms with van der Waals surface area (Å²) < 4.78 is 50.6. The number of likely N-dealkylation sites (tertiary alicyclic amines) is 1. The minimum absolute atomic E-state index is 0.000431. The van der Waals surface area contributed by atoms with Gasteiger partial charge in [-0.15, -0.1) is 0 Å². The molecular formula is C27H29F3N8OS. The monoisotopic (exact) mass is 570 g/mol. The summed E-state index contributed by atoms with van der Waals surface area (Å²) in [4.78, 5) is 16.4. The Morgan fingerprint density at radius 3 is 2.60 bits per heavy atom. The number of nitrogens with one attached hydrogen (secondary N) is 1. The number of nitriles is 1. The molecule has 0 atom stereocenters. The van der Waals surface area contributed by atoms with Gasteiger partial charge in [-0.05, 0) is 45.1 Å². The van der Waals surface area contributed by atoms with Gasteiger partial charge in [0.25, 0.3) is 5.92 Å². The van der Waals surface area contributed by atoms with Crippen LogP contribution in [0.15, 0.2) is 24.3 Å². The SMILES string of the molecule is CN1CCCC1.COc1nc(N2CCNCC(F)(F)C2)c2cc(C#N)c(-c3cccc4sc(N)nc34)c(F)c2n1. The van der Waals surface area contributed by atoms with E-state index in [9.17, 15) is 14.0 Å². The molecule has 0 unspecified atom stereocenters. The number of hydrogen-bond acceptors (Lipinski definition) is 10. The van der Waals surface area contributed by atoms with Crippen LogP contribution in [0.3, 0.4) is 0 Å². The van der Waals surface area contributed by atoms with E-state index < -0.39 is 24.8 Å². The van der Waals surface area contributed by atoms with Gasteiger partial charge in [0.15, 0.2) is 10.9 Å². The van der Waals surface area contributed by atoms with Gasteiger partial charge >= 0.3 is 6.01 Å². The molecule has 0 radical (unpaired) electrons. The maximum Gasteiger partial charge on any atom is 0.318 e. The molecular weight excluding hydrogens is 541 g/mol. The summed E-state index contributed by atoms with van der Waals surface area (Å²) in [5.74, 6) is -3.75. The first kappa shape index (κ1) is 27.8. The first-order valence-electron chi connectivity index (χ1n) is 12.9. The van der Waals surface area contributed by atoms with Crippen LogP contribution in [0.25, 0.3) is 32.2 Å². The van der Waals surface area contributed by atoms with Gasteiger partial charge in [0.1, 0.15) is 11.3 Å². The number of anilines is 2. The lowest BCUT2D eigenvalue weighted by atomic mass is 9.96. The van der Waals surface area contributed by atoms with Crippen LogP contribution < -0.4 is 20.7 Å². The number of ether oxygens (including phenoxy) is 1. The molecule has 2 saturated heterocycles. The molecule has 2 aliphatic rings. The largest absolute Gasteiger partial charge is 0.467 e. The zero-order chi connectivity index (χ0) is 28.4. The van der Waals surface area contributed by atoms with Gasteiger partial charge in [0, 0.05) is 29.6 Å². The molecule has 0 amide bonds. The number of para-hydroxylation sites is 1. The van der Waals surface area contributed by atoms with E-state index in [1.54, 1.807) is 18.2 Å². The van der Waals surface area contributed by atoms with Crippen LogP contribution in [-0.2, 0) is 0 Å². The Morgan fingerprint density at radius 1 is 1.15 bits per heavy atom. The van der Waals surface area contributed by atoms with Crippen molar-refractivity contribution in [1.82, 2.24) is 25.2 Å². The lowest BCUT2D eigenvalue weighted by Gasteiger charge is -2.26. The van der Waals surface area contributed by atoms with Gasteiger partial charge in [-0.2, -0.15) is 15.2 Å². The van der Waals surface area contributed by atoms with Crippen molar-refractivity contribution in [3.05, 3.63) is 35.6 Å². The summed E-state index contributed by atoms with van der Waals surface area (Å²) in [6.45, 7) is 2.01. The smallest absolute Gasteiger partial charge is 0.318 e. The second kappa shape index (κ2) is 11.4. The third kappa shape index (κ3) is 5.60. The van der Waals surface area contributed by atoms with Crippen LogP contribution in [0.5, 0.6) is 6.01 Å². The van der Waals surface area contributed by atoms with Crippen LogP contribution in [0.1, 0.15) is 18.4 Å². The van der Waals surface area contributed by atoms with E-state index in [4.69, 9.17) is 10.5 Å². The normalized spacial score (nSPS) is 17.4. The summed E-state index contributed by atoms with van der Waals surface area (Å²) >= 11 is 1.25. The number of halogens is 3. The molecule has 0 saturated carbocycles. The van der Waals surface area contributed by atoms with Crippen molar-refractivity contribution >= 4 is 43.4 Å². The van der Waals surface area contributed by atoms with Crippen molar-refractivity contribution in [1.29, 1.82) is 5.26 Å². The molecule has 13 heteroatoms. The van der Waals surface area contributed by atoms with Gasteiger partial charge in [-0.3, -0.25) is 0 Å². The number of thiazole rings is 1. The van der Waals surface area contributed by atoms with Gasteiger partial charge < -0.3 is 25.6 Å². The van der Waals surface area contributed by atoms with E-state index in [0.717, 1.165) is 4.70 Å². The van der Waals surface area contributed by atoms with Gasteiger partial charge in [0.05, 0.1) is 42.0 Å². The fourth-order valence-electron chi connectivity index (χ4n) is 5.00. The van der Waals surface area contributed by atoms with Crippen molar-refractivity contribution in [3.8, 4) is 23.2 Å². The van der Waals surface area contributed by atoms with Crippen LogP contribution in [0.4, 0.5) is 24.1 Å². The first-order chi connectivity index (χ1) is 19.2.